The number of rotatable bonds is 8. The number of unbranched alkanes of at least 4 members (excludes halogenated alkanes) is 1. The van der Waals surface area contributed by atoms with Crippen LogP contribution in [0.15, 0.2) is 48.5 Å². The van der Waals surface area contributed by atoms with Crippen molar-refractivity contribution in [3.05, 3.63) is 59.7 Å². The van der Waals surface area contributed by atoms with Crippen molar-refractivity contribution in [3.8, 4) is 5.75 Å². The van der Waals surface area contributed by atoms with Crippen molar-refractivity contribution in [1.29, 1.82) is 0 Å². The normalized spacial score (nSPS) is 10.3. The monoisotopic (exact) mass is 311 g/mol. The Bertz CT molecular complexity index is 620. The summed E-state index contributed by atoms with van der Waals surface area (Å²) in [5, 5.41) is 2.96. The number of aryl methyl sites for hydroxylation is 2. The van der Waals surface area contributed by atoms with Gasteiger partial charge in [-0.15, -0.1) is 0 Å². The molecule has 0 fully saturated rings. The van der Waals surface area contributed by atoms with Gasteiger partial charge in [-0.3, -0.25) is 4.79 Å². The zero-order valence-electron chi connectivity index (χ0n) is 14.0. The summed E-state index contributed by atoms with van der Waals surface area (Å²) < 4.78 is 5.74. The summed E-state index contributed by atoms with van der Waals surface area (Å²) in [6.45, 7) is 4.86. The van der Waals surface area contributed by atoms with Crippen LogP contribution < -0.4 is 10.1 Å². The molecule has 0 saturated heterocycles. The number of benzene rings is 2. The van der Waals surface area contributed by atoms with Crippen LogP contribution in [0.1, 0.15) is 37.3 Å². The average molecular weight is 311 g/mol. The Morgan fingerprint density at radius 1 is 1.09 bits per heavy atom. The zero-order chi connectivity index (χ0) is 16.5. The van der Waals surface area contributed by atoms with Gasteiger partial charge in [0.25, 0.3) is 0 Å². The molecular formula is C20H25NO2. The summed E-state index contributed by atoms with van der Waals surface area (Å²) in [4.78, 5) is 12.2. The van der Waals surface area contributed by atoms with Crippen molar-refractivity contribution in [2.24, 2.45) is 0 Å². The Morgan fingerprint density at radius 2 is 1.83 bits per heavy atom. The van der Waals surface area contributed by atoms with Crippen LogP contribution >= 0.6 is 0 Å². The third kappa shape index (κ3) is 5.78. The van der Waals surface area contributed by atoms with Crippen molar-refractivity contribution < 1.29 is 9.53 Å². The van der Waals surface area contributed by atoms with Gasteiger partial charge in [0, 0.05) is 6.42 Å². The van der Waals surface area contributed by atoms with Gasteiger partial charge in [-0.25, -0.2) is 0 Å². The maximum Gasteiger partial charge on any atom is 0.224 e. The van der Waals surface area contributed by atoms with Crippen molar-refractivity contribution >= 4 is 11.6 Å². The Labute approximate surface area is 138 Å². The number of hydrogen-bond acceptors (Lipinski definition) is 2. The van der Waals surface area contributed by atoms with E-state index in [9.17, 15) is 4.79 Å². The molecule has 2 aromatic rings. The first-order chi connectivity index (χ1) is 11.2. The van der Waals surface area contributed by atoms with Gasteiger partial charge in [0.05, 0.1) is 12.3 Å². The van der Waals surface area contributed by atoms with E-state index in [2.05, 4.69) is 43.4 Å². The summed E-state index contributed by atoms with van der Waals surface area (Å²) >= 11 is 0. The molecule has 0 unspecified atom stereocenters. The fraction of sp³-hybridized carbons (Fsp3) is 0.350. The van der Waals surface area contributed by atoms with Crippen LogP contribution in [-0.4, -0.2) is 12.5 Å². The molecule has 0 saturated carbocycles. The first kappa shape index (κ1) is 17.1. The average Bonchev–Trinajstić information content (AvgIpc) is 2.56. The van der Waals surface area contributed by atoms with Crippen LogP contribution in [0.4, 0.5) is 5.69 Å². The van der Waals surface area contributed by atoms with E-state index < -0.39 is 0 Å². The van der Waals surface area contributed by atoms with Gasteiger partial charge >= 0.3 is 0 Å². The first-order valence-electron chi connectivity index (χ1n) is 8.26. The molecule has 0 aliphatic carbocycles. The lowest BCUT2D eigenvalue weighted by Gasteiger charge is -2.12. The molecule has 1 N–H and O–H groups in total. The lowest BCUT2D eigenvalue weighted by Crippen LogP contribution is -2.13. The lowest BCUT2D eigenvalue weighted by atomic mass is 10.1. The van der Waals surface area contributed by atoms with E-state index in [4.69, 9.17) is 4.74 Å². The Balaban J connectivity index is 1.88. The first-order valence-corrected chi connectivity index (χ1v) is 8.26. The van der Waals surface area contributed by atoms with Crippen LogP contribution in [0.5, 0.6) is 5.75 Å². The van der Waals surface area contributed by atoms with Crippen molar-refractivity contribution in [3.63, 3.8) is 0 Å². The number of carbonyl (C=O) groups excluding carboxylic acids is 1. The van der Waals surface area contributed by atoms with Crippen LogP contribution in [0.3, 0.4) is 0 Å². The summed E-state index contributed by atoms with van der Waals surface area (Å²) in [6, 6.07) is 15.9. The minimum absolute atomic E-state index is 0.0112. The second-order valence-electron chi connectivity index (χ2n) is 5.73. The number of hydrogen-bond donors (Lipinski definition) is 1. The molecule has 0 aliphatic heterocycles. The van der Waals surface area contributed by atoms with Gasteiger partial charge in [-0.1, -0.05) is 55.3 Å². The number of nitrogens with one attached hydrogen (secondary N) is 1. The highest BCUT2D eigenvalue weighted by Gasteiger charge is 2.08. The van der Waals surface area contributed by atoms with Gasteiger partial charge in [0.2, 0.25) is 5.91 Å². The molecule has 0 spiro atoms. The van der Waals surface area contributed by atoms with E-state index in [0.29, 0.717) is 13.0 Å². The van der Waals surface area contributed by atoms with Crippen LogP contribution in [0, 0.1) is 6.92 Å². The van der Waals surface area contributed by atoms with Crippen LogP contribution in [0.2, 0.25) is 0 Å². The SMILES string of the molecule is CCCCOc1ccccc1NC(=O)CCc1ccc(C)cc1. The van der Waals surface area contributed by atoms with E-state index >= 15 is 0 Å². The molecule has 2 aromatic carbocycles. The largest absolute Gasteiger partial charge is 0.491 e. The minimum atomic E-state index is 0.0112. The van der Waals surface area contributed by atoms with Gasteiger partial charge < -0.3 is 10.1 Å². The fourth-order valence-corrected chi connectivity index (χ4v) is 2.25. The molecule has 2 rings (SSSR count). The molecule has 3 heteroatoms. The third-order valence-electron chi connectivity index (χ3n) is 3.68. The Morgan fingerprint density at radius 3 is 2.57 bits per heavy atom. The van der Waals surface area contributed by atoms with E-state index in [1.54, 1.807) is 0 Å². The number of para-hydroxylation sites is 2. The molecule has 0 radical (unpaired) electrons. The van der Waals surface area contributed by atoms with Crippen LogP contribution in [0.25, 0.3) is 0 Å². The van der Waals surface area contributed by atoms with Crippen molar-refractivity contribution in [2.45, 2.75) is 39.5 Å². The van der Waals surface area contributed by atoms with Gasteiger partial charge in [-0.05, 0) is 37.5 Å². The molecule has 122 valence electrons. The quantitative estimate of drug-likeness (QED) is 0.715. The molecule has 0 bridgehead atoms. The number of anilines is 1. The summed E-state index contributed by atoms with van der Waals surface area (Å²) in [5.41, 5.74) is 3.16. The number of carbonyl (C=O) groups is 1. The summed E-state index contributed by atoms with van der Waals surface area (Å²) in [5.74, 6) is 0.752. The van der Waals surface area contributed by atoms with Crippen LogP contribution in [-0.2, 0) is 11.2 Å². The maximum atomic E-state index is 12.2. The van der Waals surface area contributed by atoms with Gasteiger partial charge in [-0.2, -0.15) is 0 Å². The third-order valence-corrected chi connectivity index (χ3v) is 3.68. The lowest BCUT2D eigenvalue weighted by molar-refractivity contribution is -0.116. The second-order valence-corrected chi connectivity index (χ2v) is 5.73. The van der Waals surface area contributed by atoms with E-state index in [0.717, 1.165) is 30.7 Å². The molecule has 23 heavy (non-hydrogen) atoms. The molecule has 1 amide bonds. The minimum Gasteiger partial charge on any atom is -0.491 e. The highest BCUT2D eigenvalue weighted by atomic mass is 16.5. The highest BCUT2D eigenvalue weighted by Crippen LogP contribution is 2.24. The van der Waals surface area contributed by atoms with E-state index in [1.807, 2.05) is 24.3 Å². The van der Waals surface area contributed by atoms with Crippen molar-refractivity contribution in [2.75, 3.05) is 11.9 Å². The molecule has 0 aromatic heterocycles. The molecule has 0 atom stereocenters. The molecule has 3 nitrogen and oxygen atoms in total. The topological polar surface area (TPSA) is 38.3 Å². The predicted molar refractivity (Wildman–Crippen MR) is 95.0 cm³/mol. The molecule has 0 heterocycles. The van der Waals surface area contributed by atoms with E-state index in [1.165, 1.54) is 11.1 Å². The van der Waals surface area contributed by atoms with Gasteiger partial charge in [0.15, 0.2) is 0 Å². The zero-order valence-corrected chi connectivity index (χ0v) is 14.0. The van der Waals surface area contributed by atoms with Gasteiger partial charge in [0.1, 0.15) is 5.75 Å². The fourth-order valence-electron chi connectivity index (χ4n) is 2.25. The van der Waals surface area contributed by atoms with Crippen molar-refractivity contribution in [1.82, 2.24) is 0 Å². The summed E-state index contributed by atoms with van der Waals surface area (Å²) in [6.07, 6.45) is 3.30. The smallest absolute Gasteiger partial charge is 0.224 e. The standard InChI is InChI=1S/C20H25NO2/c1-3-4-15-23-19-8-6-5-7-18(19)21-20(22)14-13-17-11-9-16(2)10-12-17/h5-12H,3-4,13-15H2,1-2H3,(H,21,22). The summed E-state index contributed by atoms with van der Waals surface area (Å²) in [7, 11) is 0. The Hall–Kier alpha value is -2.29. The predicted octanol–water partition coefficient (Wildman–Crippen LogP) is 4.75. The highest BCUT2D eigenvalue weighted by molar-refractivity contribution is 5.92. The number of amides is 1. The molecule has 0 aliphatic rings. The number of ether oxygens (including phenoxy) is 1. The maximum absolute atomic E-state index is 12.2. The second kappa shape index (κ2) is 8.99. The Kier molecular flexibility index (Phi) is 6.67. The molecular weight excluding hydrogens is 286 g/mol. The van der Waals surface area contributed by atoms with E-state index in [-0.39, 0.29) is 5.91 Å².